The maximum absolute atomic E-state index is 12.8. The summed E-state index contributed by atoms with van der Waals surface area (Å²) in [5.74, 6) is 0.135. The first-order valence-corrected chi connectivity index (χ1v) is 17.4. The van der Waals surface area contributed by atoms with Crippen LogP contribution in [-0.2, 0) is 18.5 Å². The highest BCUT2D eigenvalue weighted by atomic mass is 35.5. The molecule has 1 aromatic carbocycles. The van der Waals surface area contributed by atoms with Crippen LogP contribution >= 0.6 is 19.2 Å². The normalized spacial score (nSPS) is 16.5. The topological polar surface area (TPSA) is 129 Å². The van der Waals surface area contributed by atoms with Crippen LogP contribution in [0.3, 0.4) is 0 Å². The Hall–Kier alpha value is -1.72. The Morgan fingerprint density at radius 2 is 1.79 bits per heavy atom. The third-order valence-electron chi connectivity index (χ3n) is 6.84. The Balaban J connectivity index is 2.35. The first kappa shape index (κ1) is 32.5. The van der Waals surface area contributed by atoms with E-state index in [-0.39, 0.29) is 28.4 Å². The van der Waals surface area contributed by atoms with Crippen LogP contribution in [0.2, 0.25) is 23.2 Å². The number of halogens is 1. The van der Waals surface area contributed by atoms with Crippen LogP contribution in [0, 0.1) is 6.92 Å². The number of nitrogens with zero attached hydrogens (tertiary/aromatic N) is 1. The molecule has 38 heavy (non-hydrogen) atoms. The minimum absolute atomic E-state index is 0.135. The maximum Gasteiger partial charge on any atom is 0.376 e. The van der Waals surface area contributed by atoms with E-state index in [9.17, 15) is 19.0 Å². The molecule has 13 heteroatoms. The second-order valence-corrected chi connectivity index (χ2v) is 17.8. The molecule has 1 aromatic heterocycles. The third kappa shape index (κ3) is 8.39. The average molecular weight is 591 g/mol. The quantitative estimate of drug-likeness (QED) is 0.244. The van der Waals surface area contributed by atoms with Crippen LogP contribution in [0.15, 0.2) is 40.1 Å². The summed E-state index contributed by atoms with van der Waals surface area (Å²) in [6.45, 7) is 12.1. The van der Waals surface area contributed by atoms with Gasteiger partial charge in [-0.1, -0.05) is 44.5 Å². The van der Waals surface area contributed by atoms with Crippen LogP contribution in [0.4, 0.5) is 0 Å². The Bertz CT molecular complexity index is 1240. The maximum atomic E-state index is 12.8. The van der Waals surface area contributed by atoms with E-state index >= 15 is 0 Å². The van der Waals surface area contributed by atoms with E-state index in [1.54, 1.807) is 25.1 Å². The number of methoxy groups -OCH3 is 2. The van der Waals surface area contributed by atoms with Crippen molar-refractivity contribution in [3.63, 3.8) is 0 Å². The number of nitrogens with one attached hydrogen (secondary N) is 1. The van der Waals surface area contributed by atoms with E-state index in [1.165, 1.54) is 31.0 Å². The van der Waals surface area contributed by atoms with Crippen LogP contribution in [0.1, 0.15) is 45.4 Å². The molecular weight excluding hydrogens is 551 g/mol. The minimum atomic E-state index is -4.02. The smallest absolute Gasteiger partial charge is 0.376 e. The number of aromatic nitrogens is 2. The lowest BCUT2D eigenvalue weighted by Gasteiger charge is -2.42. The molecule has 1 heterocycles. The Labute approximate surface area is 229 Å². The lowest BCUT2D eigenvalue weighted by atomic mass is 10.1. The Morgan fingerprint density at radius 3 is 2.34 bits per heavy atom. The molecule has 0 saturated heterocycles. The summed E-state index contributed by atoms with van der Waals surface area (Å²) >= 11 is 6.08. The van der Waals surface area contributed by atoms with Crippen LogP contribution in [-0.4, -0.2) is 55.4 Å². The van der Waals surface area contributed by atoms with Crippen molar-refractivity contribution in [3.05, 3.63) is 61.9 Å². The van der Waals surface area contributed by atoms with E-state index < -0.39 is 45.6 Å². The van der Waals surface area contributed by atoms with Crippen LogP contribution in [0.25, 0.3) is 0 Å². The largest absolute Gasteiger partial charge is 0.423 e. The molecule has 0 radical (unpaired) electrons. The molecule has 0 amide bonds. The summed E-state index contributed by atoms with van der Waals surface area (Å²) in [6, 6.07) is 6.47. The van der Waals surface area contributed by atoms with Crippen molar-refractivity contribution in [1.82, 2.24) is 9.55 Å². The molecule has 0 aliphatic rings. The van der Waals surface area contributed by atoms with Crippen molar-refractivity contribution in [2.45, 2.75) is 77.1 Å². The zero-order chi connectivity index (χ0) is 28.9. The molecule has 1 unspecified atom stereocenters. The molecule has 0 spiro atoms. The fraction of sp³-hybridized carbons (Fsp3) is 0.600. The van der Waals surface area contributed by atoms with Crippen LogP contribution in [0.5, 0.6) is 5.75 Å². The second kappa shape index (κ2) is 13.1. The van der Waals surface area contributed by atoms with Gasteiger partial charge in [0.1, 0.15) is 11.9 Å². The Kier molecular flexibility index (Phi) is 11.2. The first-order valence-electron chi connectivity index (χ1n) is 12.3. The van der Waals surface area contributed by atoms with Gasteiger partial charge in [0.15, 0.2) is 14.5 Å². The van der Waals surface area contributed by atoms with Gasteiger partial charge in [-0.2, -0.15) is 0 Å². The van der Waals surface area contributed by atoms with Gasteiger partial charge in [0, 0.05) is 26.0 Å². The van der Waals surface area contributed by atoms with E-state index in [0.29, 0.717) is 12.0 Å². The molecule has 2 rings (SSSR count). The molecule has 2 aromatic rings. The number of H-pyrrole nitrogens is 1. The van der Waals surface area contributed by atoms with Gasteiger partial charge < -0.3 is 23.3 Å². The van der Waals surface area contributed by atoms with E-state index in [0.717, 1.165) is 0 Å². The predicted octanol–water partition coefficient (Wildman–Crippen LogP) is 5.09. The highest BCUT2D eigenvalue weighted by molar-refractivity contribution is 7.53. The molecule has 0 saturated carbocycles. The van der Waals surface area contributed by atoms with Gasteiger partial charge in [0.25, 0.3) is 5.56 Å². The third-order valence-corrected chi connectivity index (χ3v) is 13.0. The molecule has 0 aliphatic heterocycles. The van der Waals surface area contributed by atoms with Crippen LogP contribution < -0.4 is 15.8 Å². The first-order chi connectivity index (χ1) is 17.5. The van der Waals surface area contributed by atoms with Gasteiger partial charge in [0.2, 0.25) is 0 Å². The summed E-state index contributed by atoms with van der Waals surface area (Å²) in [5, 5.41) is 0.0988. The van der Waals surface area contributed by atoms with Gasteiger partial charge in [-0.15, -0.1) is 0 Å². The zero-order valence-electron chi connectivity index (χ0n) is 23.3. The SMILES string of the molecule is CO[C@@H]([C@@H](OC)n1cc(C)c(=O)[nH]c1=O)[C@@H](CCCP(=O)(O)Oc1ccccc1Cl)O[Si](C)(C)C(C)(C)C. The summed E-state index contributed by atoms with van der Waals surface area (Å²) < 4.78 is 37.7. The summed E-state index contributed by atoms with van der Waals surface area (Å²) in [7, 11) is -3.47. The second-order valence-electron chi connectivity index (χ2n) is 10.7. The summed E-state index contributed by atoms with van der Waals surface area (Å²) in [6.07, 6.45) is -0.472. The fourth-order valence-corrected chi connectivity index (χ4v) is 6.42. The molecule has 214 valence electrons. The van der Waals surface area contributed by atoms with Gasteiger partial charge in [-0.3, -0.25) is 14.3 Å². The van der Waals surface area contributed by atoms with Crippen molar-refractivity contribution < 1.29 is 27.9 Å². The van der Waals surface area contributed by atoms with E-state index in [4.69, 9.17) is 30.0 Å². The van der Waals surface area contributed by atoms with Gasteiger partial charge in [0.05, 0.1) is 17.3 Å². The summed E-state index contributed by atoms with van der Waals surface area (Å²) in [5.41, 5.74) is -0.795. The van der Waals surface area contributed by atoms with E-state index in [2.05, 4.69) is 38.8 Å². The molecule has 10 nitrogen and oxygen atoms in total. The number of hydrogen-bond acceptors (Lipinski definition) is 7. The number of aromatic amines is 1. The van der Waals surface area contributed by atoms with Gasteiger partial charge >= 0.3 is 13.3 Å². The lowest BCUT2D eigenvalue weighted by Crippen LogP contribution is -2.51. The van der Waals surface area contributed by atoms with Gasteiger partial charge in [-0.05, 0) is 50.0 Å². The molecular formula is C25H40ClN2O8PSi. The average Bonchev–Trinajstić information content (AvgIpc) is 2.80. The van der Waals surface area contributed by atoms with Crippen molar-refractivity contribution in [2.75, 3.05) is 20.4 Å². The predicted molar refractivity (Wildman–Crippen MR) is 151 cm³/mol. The summed E-state index contributed by atoms with van der Waals surface area (Å²) in [4.78, 5) is 37.4. The van der Waals surface area contributed by atoms with Crippen molar-refractivity contribution in [3.8, 4) is 5.75 Å². The van der Waals surface area contributed by atoms with Crippen molar-refractivity contribution in [2.24, 2.45) is 0 Å². The van der Waals surface area contributed by atoms with Gasteiger partial charge in [-0.25, -0.2) is 9.36 Å². The lowest BCUT2D eigenvalue weighted by molar-refractivity contribution is -0.125. The monoisotopic (exact) mass is 590 g/mol. The molecule has 0 bridgehead atoms. The highest BCUT2D eigenvalue weighted by Gasteiger charge is 2.43. The Morgan fingerprint density at radius 1 is 1.16 bits per heavy atom. The molecule has 2 N–H and O–H groups in total. The number of ether oxygens (including phenoxy) is 2. The number of hydrogen-bond donors (Lipinski definition) is 2. The minimum Gasteiger partial charge on any atom is -0.423 e. The number of aryl methyl sites for hydroxylation is 1. The van der Waals surface area contributed by atoms with E-state index in [1.807, 2.05) is 0 Å². The molecule has 0 aliphatic carbocycles. The number of para-hydroxylation sites is 1. The van der Waals surface area contributed by atoms with Crippen molar-refractivity contribution >= 4 is 27.5 Å². The van der Waals surface area contributed by atoms with Crippen molar-refractivity contribution in [1.29, 1.82) is 0 Å². The molecule has 0 fully saturated rings. The molecule has 4 atom stereocenters. The fourth-order valence-electron chi connectivity index (χ4n) is 3.69. The standard InChI is InChI=1S/C25H40ClN2O8PSi/c1-17-16-28(24(30)27-22(17)29)23(34-6)21(33-5)20(36-38(7,8)25(2,3)4)14-11-15-37(31,32)35-19-13-10-9-12-18(19)26/h9-10,12-13,16,20-21,23H,11,14-15H2,1-8H3,(H,31,32)(H,27,29,30)/t20-,21-,23-/m1/s1. The zero-order valence-corrected chi connectivity index (χ0v) is 26.0. The highest BCUT2D eigenvalue weighted by Crippen LogP contribution is 2.46. The number of benzene rings is 1. The number of rotatable bonds is 13.